The molecular weight excluding hydrogens is 344 g/mol. The van der Waals surface area contributed by atoms with E-state index in [1.165, 1.54) is 0 Å². The van der Waals surface area contributed by atoms with E-state index < -0.39 is 5.41 Å². The summed E-state index contributed by atoms with van der Waals surface area (Å²) < 4.78 is 1.85. The fourth-order valence-corrected chi connectivity index (χ4v) is 4.12. The lowest BCUT2D eigenvalue weighted by Gasteiger charge is -2.20. The van der Waals surface area contributed by atoms with E-state index in [0.29, 0.717) is 19.5 Å². The maximum absolute atomic E-state index is 12.9. The van der Waals surface area contributed by atoms with Gasteiger partial charge in [-0.05, 0) is 32.4 Å². The van der Waals surface area contributed by atoms with Crippen molar-refractivity contribution in [2.24, 2.45) is 5.41 Å². The average molecular weight is 366 g/mol. The van der Waals surface area contributed by atoms with Crippen LogP contribution in [0.5, 0.6) is 0 Å². The van der Waals surface area contributed by atoms with Crippen LogP contribution in [0.4, 0.5) is 0 Å². The zero-order valence-corrected chi connectivity index (χ0v) is 15.5. The van der Waals surface area contributed by atoms with E-state index in [2.05, 4.69) is 10.4 Å². The quantitative estimate of drug-likeness (QED) is 0.830. The van der Waals surface area contributed by atoms with Gasteiger partial charge in [-0.25, -0.2) is 4.68 Å². The monoisotopic (exact) mass is 366 g/mol. The van der Waals surface area contributed by atoms with Crippen LogP contribution in [0.2, 0.25) is 0 Å². The summed E-state index contributed by atoms with van der Waals surface area (Å²) in [4.78, 5) is 38.3. The number of carbonyl (C=O) groups is 3. The highest BCUT2D eigenvalue weighted by Crippen LogP contribution is 2.37. The SMILES string of the molecule is Cc1nn(-c2ccccc2)c(C)c1CC(=O)N1CC[C@@]2(CC(=O)NC2=O)C1. The van der Waals surface area contributed by atoms with Crippen LogP contribution in [-0.2, 0) is 20.8 Å². The van der Waals surface area contributed by atoms with Crippen LogP contribution in [0, 0.1) is 19.3 Å². The van der Waals surface area contributed by atoms with Gasteiger partial charge in [0.2, 0.25) is 17.7 Å². The third kappa shape index (κ3) is 2.93. The van der Waals surface area contributed by atoms with Crippen LogP contribution in [0.25, 0.3) is 5.69 Å². The van der Waals surface area contributed by atoms with Crippen molar-refractivity contribution >= 4 is 17.7 Å². The van der Waals surface area contributed by atoms with Crippen molar-refractivity contribution in [3.63, 3.8) is 0 Å². The van der Waals surface area contributed by atoms with Gasteiger partial charge in [0, 0.05) is 30.8 Å². The number of nitrogens with zero attached hydrogens (tertiary/aromatic N) is 3. The van der Waals surface area contributed by atoms with Gasteiger partial charge in [0.05, 0.1) is 23.2 Å². The number of rotatable bonds is 3. The number of aryl methyl sites for hydroxylation is 1. The zero-order chi connectivity index (χ0) is 19.2. The number of hydrogen-bond acceptors (Lipinski definition) is 4. The predicted octanol–water partition coefficient (Wildman–Crippen LogP) is 1.30. The second-order valence-corrected chi connectivity index (χ2v) is 7.47. The Labute approximate surface area is 157 Å². The summed E-state index contributed by atoms with van der Waals surface area (Å²) in [7, 11) is 0. The van der Waals surface area contributed by atoms with E-state index in [-0.39, 0.29) is 30.6 Å². The second-order valence-electron chi connectivity index (χ2n) is 7.47. The molecule has 1 N–H and O–H groups in total. The van der Waals surface area contributed by atoms with E-state index in [9.17, 15) is 14.4 Å². The summed E-state index contributed by atoms with van der Waals surface area (Å²) in [5, 5.41) is 6.96. The molecule has 2 aromatic rings. The molecule has 2 saturated heterocycles. The number of nitrogens with one attached hydrogen (secondary N) is 1. The molecule has 7 heteroatoms. The molecule has 0 radical (unpaired) electrons. The Balaban J connectivity index is 1.52. The highest BCUT2D eigenvalue weighted by molar-refractivity contribution is 6.06. The highest BCUT2D eigenvalue weighted by atomic mass is 16.2. The van der Waals surface area contributed by atoms with Crippen LogP contribution in [0.1, 0.15) is 29.8 Å². The number of para-hydroxylation sites is 1. The zero-order valence-electron chi connectivity index (χ0n) is 15.5. The molecule has 3 heterocycles. The normalized spacial score (nSPS) is 21.9. The van der Waals surface area contributed by atoms with Crippen molar-refractivity contribution < 1.29 is 14.4 Å². The number of aromatic nitrogens is 2. The molecule has 3 amide bonds. The molecule has 1 spiro atoms. The van der Waals surface area contributed by atoms with Gasteiger partial charge in [0.1, 0.15) is 0 Å². The Hall–Kier alpha value is -2.96. The Morgan fingerprint density at radius 2 is 1.96 bits per heavy atom. The molecule has 0 aliphatic carbocycles. The summed E-state index contributed by atoms with van der Waals surface area (Å²) in [5.74, 6) is -0.519. The van der Waals surface area contributed by atoms with Crippen LogP contribution in [0.15, 0.2) is 30.3 Å². The van der Waals surface area contributed by atoms with E-state index in [1.807, 2.05) is 48.9 Å². The minimum Gasteiger partial charge on any atom is -0.341 e. The molecule has 7 nitrogen and oxygen atoms in total. The molecule has 1 aromatic carbocycles. The van der Waals surface area contributed by atoms with Gasteiger partial charge < -0.3 is 4.90 Å². The van der Waals surface area contributed by atoms with Gasteiger partial charge in [-0.1, -0.05) is 18.2 Å². The molecule has 0 saturated carbocycles. The minimum atomic E-state index is -0.731. The van der Waals surface area contributed by atoms with Gasteiger partial charge in [-0.2, -0.15) is 5.10 Å². The van der Waals surface area contributed by atoms with Crippen molar-refractivity contribution in [1.82, 2.24) is 20.0 Å². The number of benzene rings is 1. The maximum Gasteiger partial charge on any atom is 0.235 e. The molecule has 1 aromatic heterocycles. The third-order valence-corrected chi connectivity index (χ3v) is 5.71. The van der Waals surface area contributed by atoms with Crippen molar-refractivity contribution in [2.75, 3.05) is 13.1 Å². The maximum atomic E-state index is 12.9. The largest absolute Gasteiger partial charge is 0.341 e. The van der Waals surface area contributed by atoms with Gasteiger partial charge in [-0.3, -0.25) is 19.7 Å². The van der Waals surface area contributed by atoms with Crippen molar-refractivity contribution in [3.8, 4) is 5.69 Å². The Bertz CT molecular complexity index is 934. The summed E-state index contributed by atoms with van der Waals surface area (Å²) in [6, 6.07) is 9.81. The number of imide groups is 1. The van der Waals surface area contributed by atoms with Crippen molar-refractivity contribution in [1.29, 1.82) is 0 Å². The highest BCUT2D eigenvalue weighted by Gasteiger charge is 2.51. The number of amides is 3. The van der Waals surface area contributed by atoms with Crippen LogP contribution in [-0.4, -0.2) is 45.5 Å². The first kappa shape index (κ1) is 17.5. The van der Waals surface area contributed by atoms with Crippen molar-refractivity contribution in [2.45, 2.75) is 33.1 Å². The van der Waals surface area contributed by atoms with E-state index in [1.54, 1.807) is 4.90 Å². The van der Waals surface area contributed by atoms with E-state index >= 15 is 0 Å². The molecule has 140 valence electrons. The standard InChI is InChI=1S/C20H22N4O3/c1-13-16(14(2)24(22-13)15-6-4-3-5-7-15)10-18(26)23-9-8-20(12-23)11-17(25)21-19(20)27/h3-7H,8-12H2,1-2H3,(H,21,25,27)/t20-/m1/s1. The van der Waals surface area contributed by atoms with Crippen LogP contribution < -0.4 is 5.32 Å². The smallest absolute Gasteiger partial charge is 0.235 e. The molecule has 2 fully saturated rings. The van der Waals surface area contributed by atoms with Crippen LogP contribution >= 0.6 is 0 Å². The lowest BCUT2D eigenvalue weighted by atomic mass is 9.85. The molecule has 0 unspecified atom stereocenters. The average Bonchev–Trinajstić information content (AvgIpc) is 3.28. The Kier molecular flexibility index (Phi) is 4.09. The van der Waals surface area contributed by atoms with Gasteiger partial charge in [-0.15, -0.1) is 0 Å². The van der Waals surface area contributed by atoms with Crippen molar-refractivity contribution in [3.05, 3.63) is 47.3 Å². The van der Waals surface area contributed by atoms with Gasteiger partial charge >= 0.3 is 0 Å². The minimum absolute atomic E-state index is 0.0298. The molecule has 4 rings (SSSR count). The molecule has 2 aliphatic rings. The first-order chi connectivity index (χ1) is 12.9. The number of likely N-dealkylation sites (tertiary alicyclic amines) is 1. The summed E-state index contributed by atoms with van der Waals surface area (Å²) in [6.07, 6.45) is 0.966. The van der Waals surface area contributed by atoms with Crippen LogP contribution in [0.3, 0.4) is 0 Å². The fraction of sp³-hybridized carbons (Fsp3) is 0.400. The lowest BCUT2D eigenvalue weighted by molar-refractivity contribution is -0.131. The molecule has 1 atom stereocenters. The third-order valence-electron chi connectivity index (χ3n) is 5.71. The van der Waals surface area contributed by atoms with E-state index in [4.69, 9.17) is 0 Å². The summed E-state index contributed by atoms with van der Waals surface area (Å²) in [6.45, 7) is 4.69. The molecule has 27 heavy (non-hydrogen) atoms. The predicted molar refractivity (Wildman–Crippen MR) is 98.1 cm³/mol. The molecule has 2 aliphatic heterocycles. The first-order valence-electron chi connectivity index (χ1n) is 9.12. The van der Waals surface area contributed by atoms with E-state index in [0.717, 1.165) is 22.6 Å². The second kappa shape index (κ2) is 6.33. The summed E-state index contributed by atoms with van der Waals surface area (Å²) in [5.41, 5.74) is 2.90. The Morgan fingerprint density at radius 3 is 2.63 bits per heavy atom. The first-order valence-corrected chi connectivity index (χ1v) is 9.12. The summed E-state index contributed by atoms with van der Waals surface area (Å²) >= 11 is 0. The van der Waals surface area contributed by atoms with Gasteiger partial charge in [0.25, 0.3) is 0 Å². The van der Waals surface area contributed by atoms with Gasteiger partial charge in [0.15, 0.2) is 0 Å². The number of hydrogen-bond donors (Lipinski definition) is 1. The number of carbonyl (C=O) groups excluding carboxylic acids is 3. The topological polar surface area (TPSA) is 84.3 Å². The molecule has 0 bridgehead atoms. The lowest BCUT2D eigenvalue weighted by Crippen LogP contribution is -2.37. The fourth-order valence-electron chi connectivity index (χ4n) is 4.12. The Morgan fingerprint density at radius 1 is 1.22 bits per heavy atom. The molecular formula is C20H22N4O3.